The van der Waals surface area contributed by atoms with Gasteiger partial charge >= 0.3 is 0 Å². The lowest BCUT2D eigenvalue weighted by Gasteiger charge is -2.16. The first-order valence-electron chi connectivity index (χ1n) is 7.17. The van der Waals surface area contributed by atoms with Gasteiger partial charge in [0, 0.05) is 26.7 Å². The van der Waals surface area contributed by atoms with Crippen LogP contribution in [0.1, 0.15) is 11.1 Å². The van der Waals surface area contributed by atoms with Crippen molar-refractivity contribution in [2.45, 2.75) is 13.8 Å². The van der Waals surface area contributed by atoms with Crippen molar-refractivity contribution < 1.29 is 14.3 Å². The summed E-state index contributed by atoms with van der Waals surface area (Å²) in [6.45, 7) is 6.95. The smallest absolute Gasteiger partial charge is 0.257 e. The molecule has 0 saturated carbocycles. The average molecular weight is 294 g/mol. The fourth-order valence-electron chi connectivity index (χ4n) is 1.96. The van der Waals surface area contributed by atoms with E-state index in [2.05, 4.69) is 10.2 Å². The quantitative estimate of drug-likeness (QED) is 0.747. The molecule has 1 rings (SSSR count). The number of aryl methyl sites for hydroxylation is 2. The van der Waals surface area contributed by atoms with E-state index >= 15 is 0 Å². The zero-order valence-corrected chi connectivity index (χ0v) is 13.4. The molecule has 5 heteroatoms. The van der Waals surface area contributed by atoms with E-state index in [-0.39, 0.29) is 12.5 Å². The van der Waals surface area contributed by atoms with Gasteiger partial charge in [-0.3, -0.25) is 4.79 Å². The molecule has 0 unspecified atom stereocenters. The lowest BCUT2D eigenvalue weighted by atomic mass is 10.1. The van der Waals surface area contributed by atoms with E-state index in [4.69, 9.17) is 9.47 Å². The van der Waals surface area contributed by atoms with Gasteiger partial charge in [0.1, 0.15) is 5.75 Å². The summed E-state index contributed by atoms with van der Waals surface area (Å²) in [4.78, 5) is 13.9. The molecule has 0 bridgehead atoms. The lowest BCUT2D eigenvalue weighted by molar-refractivity contribution is -0.123. The zero-order chi connectivity index (χ0) is 15.7. The minimum atomic E-state index is -0.0993. The molecule has 5 nitrogen and oxygen atoms in total. The van der Waals surface area contributed by atoms with Gasteiger partial charge in [0.25, 0.3) is 5.91 Å². The highest BCUT2D eigenvalue weighted by atomic mass is 16.5. The van der Waals surface area contributed by atoms with Crippen LogP contribution < -0.4 is 10.1 Å². The van der Waals surface area contributed by atoms with E-state index in [1.54, 1.807) is 7.11 Å². The Morgan fingerprint density at radius 3 is 2.52 bits per heavy atom. The van der Waals surface area contributed by atoms with Crippen LogP contribution in [0.15, 0.2) is 18.2 Å². The van der Waals surface area contributed by atoms with Gasteiger partial charge in [-0.05, 0) is 32.0 Å². The van der Waals surface area contributed by atoms with Gasteiger partial charge < -0.3 is 19.7 Å². The predicted octanol–water partition coefficient (Wildman–Crippen LogP) is 1.38. The third kappa shape index (κ3) is 6.60. The van der Waals surface area contributed by atoms with Crippen molar-refractivity contribution in [3.63, 3.8) is 0 Å². The van der Waals surface area contributed by atoms with Crippen LogP contribution in [0.4, 0.5) is 0 Å². The molecule has 0 heterocycles. The minimum absolute atomic E-state index is 0.0491. The summed E-state index contributed by atoms with van der Waals surface area (Å²) in [6.07, 6.45) is 0. The molecule has 0 aliphatic carbocycles. The number of nitrogens with one attached hydrogen (secondary N) is 1. The van der Waals surface area contributed by atoms with E-state index < -0.39 is 0 Å². The first kappa shape index (κ1) is 17.5. The molecule has 0 saturated heterocycles. The zero-order valence-electron chi connectivity index (χ0n) is 13.4. The lowest BCUT2D eigenvalue weighted by Crippen LogP contribution is -2.36. The van der Waals surface area contributed by atoms with Gasteiger partial charge in [0.05, 0.1) is 6.61 Å². The van der Waals surface area contributed by atoms with E-state index in [1.165, 1.54) is 0 Å². The summed E-state index contributed by atoms with van der Waals surface area (Å²) in [5.41, 5.74) is 2.09. The molecule has 0 atom stereocenters. The summed E-state index contributed by atoms with van der Waals surface area (Å²) in [6, 6.07) is 5.93. The molecular weight excluding hydrogens is 268 g/mol. The van der Waals surface area contributed by atoms with Crippen LogP contribution in [0.3, 0.4) is 0 Å². The van der Waals surface area contributed by atoms with Crippen LogP contribution in [0.2, 0.25) is 0 Å². The van der Waals surface area contributed by atoms with Crippen LogP contribution in [0.5, 0.6) is 5.75 Å². The summed E-state index contributed by atoms with van der Waals surface area (Å²) in [5.74, 6) is 0.697. The van der Waals surface area contributed by atoms with E-state index in [0.717, 1.165) is 30.0 Å². The molecule has 1 N–H and O–H groups in total. The number of benzene rings is 1. The van der Waals surface area contributed by atoms with Crippen molar-refractivity contribution in [2.24, 2.45) is 0 Å². The van der Waals surface area contributed by atoms with Crippen molar-refractivity contribution in [2.75, 3.05) is 47.0 Å². The topological polar surface area (TPSA) is 50.8 Å². The first-order chi connectivity index (χ1) is 10.0. The fourth-order valence-corrected chi connectivity index (χ4v) is 1.96. The second-order valence-electron chi connectivity index (χ2n) is 5.16. The molecule has 0 fully saturated rings. The average Bonchev–Trinajstić information content (AvgIpc) is 2.44. The number of amides is 1. The van der Waals surface area contributed by atoms with Crippen LogP contribution in [-0.2, 0) is 9.53 Å². The number of hydrogen-bond donors (Lipinski definition) is 1. The number of carbonyl (C=O) groups is 1. The molecule has 0 aliphatic rings. The monoisotopic (exact) mass is 294 g/mol. The fraction of sp³-hybridized carbons (Fsp3) is 0.562. The Morgan fingerprint density at radius 1 is 1.24 bits per heavy atom. The molecular formula is C16H26N2O3. The Kier molecular flexibility index (Phi) is 7.79. The Morgan fingerprint density at radius 2 is 1.90 bits per heavy atom. The van der Waals surface area contributed by atoms with E-state index in [0.29, 0.717) is 13.2 Å². The molecule has 21 heavy (non-hydrogen) atoms. The van der Waals surface area contributed by atoms with Gasteiger partial charge in [-0.1, -0.05) is 18.2 Å². The standard InChI is InChI=1S/C16H26N2O3/c1-13-6-5-7-14(2)16(13)21-12-15(19)17-8-9-18(3)10-11-20-4/h5-7H,8-12H2,1-4H3,(H,17,19). The third-order valence-corrected chi connectivity index (χ3v) is 3.25. The number of para-hydroxylation sites is 1. The number of nitrogens with zero attached hydrogens (tertiary/aromatic N) is 1. The molecule has 0 radical (unpaired) electrons. The highest BCUT2D eigenvalue weighted by Crippen LogP contribution is 2.21. The van der Waals surface area contributed by atoms with Crippen LogP contribution >= 0.6 is 0 Å². The second kappa shape index (κ2) is 9.37. The number of rotatable bonds is 9. The largest absolute Gasteiger partial charge is 0.483 e. The van der Waals surface area contributed by atoms with Crippen molar-refractivity contribution in [1.29, 1.82) is 0 Å². The molecule has 0 spiro atoms. The Balaban J connectivity index is 2.25. The minimum Gasteiger partial charge on any atom is -0.483 e. The highest BCUT2D eigenvalue weighted by molar-refractivity contribution is 5.77. The molecule has 0 aliphatic heterocycles. The Hall–Kier alpha value is -1.59. The number of carbonyl (C=O) groups excluding carboxylic acids is 1. The Labute approximate surface area is 127 Å². The third-order valence-electron chi connectivity index (χ3n) is 3.25. The van der Waals surface area contributed by atoms with E-state index in [1.807, 2.05) is 39.1 Å². The van der Waals surface area contributed by atoms with Crippen molar-refractivity contribution in [1.82, 2.24) is 10.2 Å². The van der Waals surface area contributed by atoms with Gasteiger partial charge in [-0.15, -0.1) is 0 Å². The van der Waals surface area contributed by atoms with Crippen molar-refractivity contribution in [3.8, 4) is 5.75 Å². The highest BCUT2D eigenvalue weighted by Gasteiger charge is 2.07. The number of methoxy groups -OCH3 is 1. The summed E-state index contributed by atoms with van der Waals surface area (Å²) in [7, 11) is 3.68. The first-order valence-corrected chi connectivity index (χ1v) is 7.17. The van der Waals surface area contributed by atoms with Gasteiger partial charge in [-0.25, -0.2) is 0 Å². The molecule has 1 amide bonds. The SMILES string of the molecule is COCCN(C)CCNC(=O)COc1c(C)cccc1C. The summed E-state index contributed by atoms with van der Waals surface area (Å²) in [5, 5.41) is 2.85. The van der Waals surface area contributed by atoms with Crippen molar-refractivity contribution in [3.05, 3.63) is 29.3 Å². The Bertz CT molecular complexity index is 429. The van der Waals surface area contributed by atoms with E-state index in [9.17, 15) is 4.79 Å². The maximum atomic E-state index is 11.8. The summed E-state index contributed by atoms with van der Waals surface area (Å²) < 4.78 is 10.6. The molecule has 118 valence electrons. The van der Waals surface area contributed by atoms with Gasteiger partial charge in [0.15, 0.2) is 6.61 Å². The number of hydrogen-bond acceptors (Lipinski definition) is 4. The van der Waals surface area contributed by atoms with Gasteiger partial charge in [0.2, 0.25) is 0 Å². The summed E-state index contributed by atoms with van der Waals surface area (Å²) >= 11 is 0. The number of likely N-dealkylation sites (N-methyl/N-ethyl adjacent to an activating group) is 1. The van der Waals surface area contributed by atoms with Crippen LogP contribution in [0.25, 0.3) is 0 Å². The maximum absolute atomic E-state index is 11.8. The normalized spacial score (nSPS) is 10.7. The van der Waals surface area contributed by atoms with Crippen LogP contribution in [0, 0.1) is 13.8 Å². The van der Waals surface area contributed by atoms with Crippen LogP contribution in [-0.4, -0.2) is 57.8 Å². The van der Waals surface area contributed by atoms with Crippen molar-refractivity contribution >= 4 is 5.91 Å². The molecule has 1 aromatic rings. The molecule has 1 aromatic carbocycles. The predicted molar refractivity (Wildman–Crippen MR) is 83.8 cm³/mol. The number of ether oxygens (including phenoxy) is 2. The second-order valence-corrected chi connectivity index (χ2v) is 5.16. The van der Waals surface area contributed by atoms with Gasteiger partial charge in [-0.2, -0.15) is 0 Å². The maximum Gasteiger partial charge on any atom is 0.257 e. The molecule has 0 aromatic heterocycles.